The molecule has 1 radical (unpaired) electrons. The van der Waals surface area contributed by atoms with Crippen LogP contribution >= 0.6 is 0 Å². The fraction of sp³-hybridized carbons (Fsp3) is 0.277. The molecule has 7 rings (SSSR count). The number of rotatable bonds is 8. The van der Waals surface area contributed by atoms with E-state index in [1.54, 1.807) is 0 Å². The molecule has 52 heavy (non-hydrogen) atoms. The first-order valence-corrected chi connectivity index (χ1v) is 21.8. The number of hydrogen-bond donors (Lipinski definition) is 0. The first-order chi connectivity index (χ1) is 24.4. The van der Waals surface area contributed by atoms with Crippen molar-refractivity contribution in [3.05, 3.63) is 139 Å². The summed E-state index contributed by atoms with van der Waals surface area (Å²) in [6.07, 6.45) is 7.37. The van der Waals surface area contributed by atoms with Gasteiger partial charge in [-0.25, -0.2) is 0 Å². The summed E-state index contributed by atoms with van der Waals surface area (Å²) in [6, 6.07) is 42.2. The number of furan rings is 1. The zero-order valence-corrected chi connectivity index (χ0v) is 35.2. The van der Waals surface area contributed by atoms with Crippen molar-refractivity contribution in [1.29, 1.82) is 0 Å². The Bertz CT molecular complexity index is 2230. The molecule has 0 atom stereocenters. The summed E-state index contributed by atoms with van der Waals surface area (Å²) >= 11 is 0. The molecule has 0 saturated heterocycles. The van der Waals surface area contributed by atoms with Gasteiger partial charge in [-0.2, -0.15) is 0 Å². The summed E-state index contributed by atoms with van der Waals surface area (Å²) in [5.74, 6) is 0.551. The largest absolute Gasteiger partial charge is 0.501 e. The van der Waals surface area contributed by atoms with E-state index in [4.69, 9.17) is 9.40 Å². The zero-order chi connectivity index (χ0) is 36.2. The summed E-state index contributed by atoms with van der Waals surface area (Å²) in [7, 11) is -1.37. The average Bonchev–Trinajstić information content (AvgIpc) is 3.50. The van der Waals surface area contributed by atoms with E-state index in [1.807, 2.05) is 36.5 Å². The minimum atomic E-state index is -1.37. The number of benzene rings is 4. The molecule has 3 heterocycles. The summed E-state index contributed by atoms with van der Waals surface area (Å²) in [5.41, 5.74) is 11.1. The Morgan fingerprint density at radius 3 is 2.15 bits per heavy atom. The van der Waals surface area contributed by atoms with Crippen molar-refractivity contribution in [2.45, 2.75) is 79.4 Å². The summed E-state index contributed by atoms with van der Waals surface area (Å²) in [4.78, 5) is 9.36. The normalized spacial score (nSPS) is 11.7. The smallest absolute Gasteiger partial charge is 0.121 e. The average molecular weight is 879 g/mol. The van der Waals surface area contributed by atoms with Crippen LogP contribution in [0.25, 0.3) is 55.6 Å². The van der Waals surface area contributed by atoms with Crippen molar-refractivity contribution in [1.82, 2.24) is 9.97 Å². The second-order valence-electron chi connectivity index (χ2n) is 15.8. The fourth-order valence-corrected chi connectivity index (χ4v) is 8.51. The van der Waals surface area contributed by atoms with Crippen molar-refractivity contribution < 1.29 is 24.5 Å². The van der Waals surface area contributed by atoms with Gasteiger partial charge in [-0.3, -0.25) is 0 Å². The van der Waals surface area contributed by atoms with E-state index in [0.717, 1.165) is 69.3 Å². The van der Waals surface area contributed by atoms with Gasteiger partial charge in [0, 0.05) is 37.9 Å². The van der Waals surface area contributed by atoms with Crippen molar-refractivity contribution in [3.8, 4) is 33.6 Å². The van der Waals surface area contributed by atoms with Crippen LogP contribution in [0.2, 0.25) is 19.6 Å². The SMILES string of the molecule is CC(C)(C)Cc1cc(-c2[c-]cccc2)ncc1[Si](C)(C)C.CCC(CC)c1ccnc(-c2[c-]ccc3c2oc2cc(-c4ccccc4)ccc23)c1.[Ir]. The van der Waals surface area contributed by atoms with Crippen LogP contribution < -0.4 is 5.19 Å². The number of pyridine rings is 2. The van der Waals surface area contributed by atoms with Gasteiger partial charge in [0.25, 0.3) is 0 Å². The Hall–Kier alpha value is -4.15. The first kappa shape index (κ1) is 39.1. The van der Waals surface area contributed by atoms with Gasteiger partial charge in [0.05, 0.1) is 13.7 Å². The van der Waals surface area contributed by atoms with E-state index in [1.165, 1.54) is 21.9 Å². The molecule has 7 aromatic rings. The molecule has 0 saturated carbocycles. The third-order valence-electron chi connectivity index (χ3n) is 9.54. The van der Waals surface area contributed by atoms with Crippen LogP contribution in [0, 0.1) is 17.5 Å². The van der Waals surface area contributed by atoms with Gasteiger partial charge in [0.2, 0.25) is 0 Å². The molecule has 0 spiro atoms. The summed E-state index contributed by atoms with van der Waals surface area (Å²) in [6.45, 7) is 18.6. The molecule has 0 N–H and O–H groups in total. The quantitative estimate of drug-likeness (QED) is 0.113. The maximum Gasteiger partial charge on any atom is 0.121 e. The molecule has 0 aliphatic carbocycles. The van der Waals surface area contributed by atoms with Crippen LogP contribution in [0.15, 0.2) is 120 Å². The molecule has 3 nitrogen and oxygen atoms in total. The molecular formula is C47H50IrN2OSi-2. The Morgan fingerprint density at radius 2 is 1.48 bits per heavy atom. The van der Waals surface area contributed by atoms with Crippen LogP contribution in [0.5, 0.6) is 0 Å². The van der Waals surface area contributed by atoms with Crippen LogP contribution in [0.3, 0.4) is 0 Å². The van der Waals surface area contributed by atoms with Crippen molar-refractivity contribution in [2.24, 2.45) is 5.41 Å². The first-order valence-electron chi connectivity index (χ1n) is 18.3. The zero-order valence-electron chi connectivity index (χ0n) is 31.8. The van der Waals surface area contributed by atoms with E-state index < -0.39 is 8.07 Å². The van der Waals surface area contributed by atoms with Crippen LogP contribution in [-0.2, 0) is 26.5 Å². The topological polar surface area (TPSA) is 38.9 Å². The predicted molar refractivity (Wildman–Crippen MR) is 219 cm³/mol. The van der Waals surface area contributed by atoms with Crippen molar-refractivity contribution in [2.75, 3.05) is 0 Å². The van der Waals surface area contributed by atoms with Gasteiger partial charge >= 0.3 is 0 Å². The number of nitrogens with zero attached hydrogens (tertiary/aromatic N) is 2. The molecule has 3 aromatic heterocycles. The third-order valence-corrected chi connectivity index (χ3v) is 11.6. The molecule has 0 unspecified atom stereocenters. The van der Waals surface area contributed by atoms with E-state index in [0.29, 0.717) is 5.92 Å². The molecule has 0 aliphatic heterocycles. The number of aromatic nitrogens is 2. The predicted octanol–water partition coefficient (Wildman–Crippen LogP) is 12.7. The third kappa shape index (κ3) is 9.07. The number of hydrogen-bond acceptors (Lipinski definition) is 3. The summed E-state index contributed by atoms with van der Waals surface area (Å²) in [5, 5.41) is 3.71. The summed E-state index contributed by atoms with van der Waals surface area (Å²) < 4.78 is 6.38. The molecule has 4 aromatic carbocycles. The van der Waals surface area contributed by atoms with Crippen molar-refractivity contribution in [3.63, 3.8) is 0 Å². The fourth-order valence-electron chi connectivity index (χ4n) is 6.93. The van der Waals surface area contributed by atoms with Gasteiger partial charge in [0.15, 0.2) is 0 Å². The minimum Gasteiger partial charge on any atom is -0.501 e. The Kier molecular flexibility index (Phi) is 12.5. The molecule has 5 heteroatoms. The van der Waals surface area contributed by atoms with E-state index in [2.05, 4.69) is 150 Å². The van der Waals surface area contributed by atoms with E-state index in [9.17, 15) is 0 Å². The Labute approximate surface area is 325 Å². The maximum absolute atomic E-state index is 6.38. The molecule has 0 fully saturated rings. The second kappa shape index (κ2) is 16.7. The van der Waals surface area contributed by atoms with Crippen LogP contribution in [0.4, 0.5) is 0 Å². The maximum atomic E-state index is 6.38. The molecule has 0 bridgehead atoms. The Balaban J connectivity index is 0.000000210. The number of fused-ring (bicyclic) bond motifs is 3. The second-order valence-corrected chi connectivity index (χ2v) is 20.8. The van der Waals surface area contributed by atoms with E-state index >= 15 is 0 Å². The van der Waals surface area contributed by atoms with Gasteiger partial charge in [0.1, 0.15) is 5.58 Å². The standard InChI is InChI=1S/C28H24NO.C19H26NSi.Ir/c1-3-19(4-2)22-15-16-29-26(17-22)25-12-8-11-24-23-14-13-21(18-27(23)30-28(24)25)20-9-6-5-7-10-20;1-19(2,3)13-16-12-17(15-10-8-7-9-11-15)20-14-18(16)21(4,5)6;/h5-11,13-19H,3-4H2,1-2H3;7-10,12,14H,13H2,1-6H3;/q2*-1;. The van der Waals surface area contributed by atoms with Crippen molar-refractivity contribution >= 4 is 35.2 Å². The monoisotopic (exact) mass is 879 g/mol. The van der Waals surface area contributed by atoms with Gasteiger partial charge < -0.3 is 14.4 Å². The molecule has 0 amide bonds. The molecular weight excluding hydrogens is 829 g/mol. The van der Waals surface area contributed by atoms with Gasteiger partial charge in [-0.05, 0) is 70.4 Å². The van der Waals surface area contributed by atoms with Crippen LogP contribution in [-0.4, -0.2) is 18.0 Å². The van der Waals surface area contributed by atoms with Gasteiger partial charge in [-0.1, -0.05) is 131 Å². The molecule has 0 aliphatic rings. The van der Waals surface area contributed by atoms with Crippen LogP contribution in [0.1, 0.15) is 64.5 Å². The van der Waals surface area contributed by atoms with E-state index in [-0.39, 0.29) is 25.5 Å². The minimum absolute atomic E-state index is 0. The van der Waals surface area contributed by atoms with Gasteiger partial charge in [-0.15, -0.1) is 54.1 Å². The molecule has 269 valence electrons. The Morgan fingerprint density at radius 1 is 0.731 bits per heavy atom.